The lowest BCUT2D eigenvalue weighted by Gasteiger charge is -2.24. The van der Waals surface area contributed by atoms with Crippen LogP contribution in [0.15, 0.2) is 18.3 Å². The summed E-state index contributed by atoms with van der Waals surface area (Å²) in [4.78, 5) is 21.4. The first kappa shape index (κ1) is 13.9. The van der Waals surface area contributed by atoms with Gasteiger partial charge in [-0.05, 0) is 49.1 Å². The minimum atomic E-state index is -0.220. The molecule has 0 saturated heterocycles. The normalized spacial score (nSPS) is 29.9. The molecule has 2 aliphatic carbocycles. The molecular formula is C15H18N4O2S. The van der Waals surface area contributed by atoms with E-state index in [1.165, 1.54) is 11.3 Å². The Bertz CT molecular complexity index is 669. The summed E-state index contributed by atoms with van der Waals surface area (Å²) >= 11 is 1.37. The number of nitrogens with zero attached hydrogens (tertiary/aromatic N) is 2. The topological polar surface area (TPSA) is 87.1 Å². The van der Waals surface area contributed by atoms with E-state index in [0.717, 1.165) is 29.6 Å². The summed E-state index contributed by atoms with van der Waals surface area (Å²) in [5, 5.41) is 16.0. The van der Waals surface area contributed by atoms with Crippen molar-refractivity contribution in [1.82, 2.24) is 15.3 Å². The highest BCUT2D eigenvalue weighted by molar-refractivity contribution is 7.21. The van der Waals surface area contributed by atoms with E-state index in [0.29, 0.717) is 29.4 Å². The minimum absolute atomic E-state index is 0.120. The van der Waals surface area contributed by atoms with Crippen molar-refractivity contribution < 1.29 is 9.90 Å². The van der Waals surface area contributed by atoms with Crippen LogP contribution >= 0.6 is 11.3 Å². The van der Waals surface area contributed by atoms with Crippen molar-refractivity contribution >= 4 is 32.8 Å². The van der Waals surface area contributed by atoms with E-state index in [1.807, 2.05) is 12.1 Å². The van der Waals surface area contributed by atoms with Gasteiger partial charge in [0.1, 0.15) is 10.3 Å². The maximum Gasteiger partial charge on any atom is 0.321 e. The van der Waals surface area contributed by atoms with E-state index in [-0.39, 0.29) is 12.1 Å². The van der Waals surface area contributed by atoms with Crippen LogP contribution in [0.4, 0.5) is 9.93 Å². The molecule has 6 nitrogen and oxygen atoms in total. The molecule has 7 heteroatoms. The van der Waals surface area contributed by atoms with Crippen LogP contribution in [0.5, 0.6) is 0 Å². The van der Waals surface area contributed by atoms with Gasteiger partial charge >= 0.3 is 6.03 Å². The molecule has 116 valence electrons. The van der Waals surface area contributed by atoms with Gasteiger partial charge in [0.05, 0.1) is 6.10 Å². The van der Waals surface area contributed by atoms with Crippen LogP contribution in [0.3, 0.4) is 0 Å². The van der Waals surface area contributed by atoms with Crippen LogP contribution in [0.2, 0.25) is 0 Å². The Kier molecular flexibility index (Phi) is 3.46. The SMILES string of the molecule is O=C(NC[C@@H]1C[C@H]2C[C@@H]1C[C@H]2O)Nc1nc2cccnc2s1. The molecule has 2 saturated carbocycles. The van der Waals surface area contributed by atoms with Gasteiger partial charge < -0.3 is 10.4 Å². The third-order valence-corrected chi connectivity index (χ3v) is 5.77. The van der Waals surface area contributed by atoms with Crippen molar-refractivity contribution in [3.8, 4) is 0 Å². The molecular weight excluding hydrogens is 300 g/mol. The quantitative estimate of drug-likeness (QED) is 0.810. The largest absolute Gasteiger partial charge is 0.393 e. The molecule has 0 aliphatic heterocycles. The Labute approximate surface area is 132 Å². The molecule has 2 bridgehead atoms. The van der Waals surface area contributed by atoms with Crippen LogP contribution in [0.1, 0.15) is 19.3 Å². The molecule has 3 N–H and O–H groups in total. The number of carbonyl (C=O) groups is 1. The zero-order valence-corrected chi connectivity index (χ0v) is 12.8. The number of carbonyl (C=O) groups excluding carboxylic acids is 1. The number of thiazole rings is 1. The van der Waals surface area contributed by atoms with Gasteiger partial charge in [-0.15, -0.1) is 0 Å². The molecule has 22 heavy (non-hydrogen) atoms. The molecule has 2 aromatic heterocycles. The average molecular weight is 318 g/mol. The highest BCUT2D eigenvalue weighted by atomic mass is 32.1. The van der Waals surface area contributed by atoms with Gasteiger partial charge in [0.2, 0.25) is 0 Å². The molecule has 4 atom stereocenters. The number of nitrogens with one attached hydrogen (secondary N) is 2. The van der Waals surface area contributed by atoms with Gasteiger partial charge in [0.15, 0.2) is 5.13 Å². The van der Waals surface area contributed by atoms with Gasteiger partial charge in [-0.25, -0.2) is 14.8 Å². The summed E-state index contributed by atoms with van der Waals surface area (Å²) in [6.07, 6.45) is 4.62. The number of fused-ring (bicyclic) bond motifs is 3. The van der Waals surface area contributed by atoms with E-state index < -0.39 is 0 Å². The van der Waals surface area contributed by atoms with Crippen molar-refractivity contribution in [3.05, 3.63) is 18.3 Å². The second-order valence-corrected chi connectivity index (χ2v) is 7.21. The number of anilines is 1. The Hall–Kier alpha value is -1.73. The minimum Gasteiger partial charge on any atom is -0.393 e. The van der Waals surface area contributed by atoms with Gasteiger partial charge in [-0.3, -0.25) is 5.32 Å². The Morgan fingerprint density at radius 1 is 1.36 bits per heavy atom. The van der Waals surface area contributed by atoms with E-state index in [2.05, 4.69) is 20.6 Å². The van der Waals surface area contributed by atoms with Crippen molar-refractivity contribution in [3.63, 3.8) is 0 Å². The van der Waals surface area contributed by atoms with Gasteiger partial charge in [-0.2, -0.15) is 0 Å². The monoisotopic (exact) mass is 318 g/mol. The number of pyridine rings is 1. The number of aromatic nitrogens is 2. The van der Waals surface area contributed by atoms with Crippen molar-refractivity contribution in [2.75, 3.05) is 11.9 Å². The van der Waals surface area contributed by atoms with E-state index in [4.69, 9.17) is 0 Å². The highest BCUT2D eigenvalue weighted by Gasteiger charge is 2.44. The van der Waals surface area contributed by atoms with Gasteiger partial charge in [0, 0.05) is 12.7 Å². The number of urea groups is 1. The number of amides is 2. The van der Waals surface area contributed by atoms with Crippen LogP contribution in [0, 0.1) is 17.8 Å². The van der Waals surface area contributed by atoms with Crippen LogP contribution in [0.25, 0.3) is 10.3 Å². The molecule has 0 radical (unpaired) electrons. The number of hydrogen-bond acceptors (Lipinski definition) is 5. The molecule has 4 rings (SSSR count). The maximum absolute atomic E-state index is 12.0. The Morgan fingerprint density at radius 3 is 3.00 bits per heavy atom. The van der Waals surface area contributed by atoms with Crippen LogP contribution in [-0.4, -0.2) is 33.8 Å². The van der Waals surface area contributed by atoms with Gasteiger partial charge in [-0.1, -0.05) is 11.3 Å². The zero-order chi connectivity index (χ0) is 15.1. The fourth-order valence-electron chi connectivity index (χ4n) is 3.80. The molecule has 0 spiro atoms. The molecule has 0 aromatic carbocycles. The van der Waals surface area contributed by atoms with Crippen LogP contribution in [-0.2, 0) is 0 Å². The lowest BCUT2D eigenvalue weighted by atomic mass is 9.87. The third-order valence-electron chi connectivity index (χ3n) is 4.88. The standard InChI is InChI=1S/C15H18N4O2S/c20-12-6-8-4-9(12)5-10(8)7-17-14(21)19-15-18-11-2-1-3-16-13(11)22-15/h1-3,8-10,12,20H,4-7H2,(H2,17,18,19,21)/t8-,9-,10+,12-/m1/s1. The maximum atomic E-state index is 12.0. The number of aliphatic hydroxyl groups excluding tert-OH is 1. The lowest BCUT2D eigenvalue weighted by molar-refractivity contribution is 0.0954. The molecule has 2 heterocycles. The van der Waals surface area contributed by atoms with Crippen molar-refractivity contribution in [2.24, 2.45) is 17.8 Å². The summed E-state index contributed by atoms with van der Waals surface area (Å²) in [6, 6.07) is 3.49. The first-order valence-corrected chi connectivity index (χ1v) is 8.45. The fourth-order valence-corrected chi connectivity index (χ4v) is 4.61. The lowest BCUT2D eigenvalue weighted by Crippen LogP contribution is -2.36. The summed E-state index contributed by atoms with van der Waals surface area (Å²) in [5.74, 6) is 1.50. The summed E-state index contributed by atoms with van der Waals surface area (Å²) in [5.41, 5.74) is 0.796. The van der Waals surface area contributed by atoms with E-state index >= 15 is 0 Å². The molecule has 2 aromatic rings. The summed E-state index contributed by atoms with van der Waals surface area (Å²) in [6.45, 7) is 0.670. The first-order chi connectivity index (χ1) is 10.7. The number of hydrogen-bond donors (Lipinski definition) is 3. The average Bonchev–Trinajstić information content (AvgIpc) is 3.17. The van der Waals surface area contributed by atoms with E-state index in [9.17, 15) is 9.90 Å². The second kappa shape index (κ2) is 5.48. The molecule has 2 fully saturated rings. The van der Waals surface area contributed by atoms with Crippen molar-refractivity contribution in [2.45, 2.75) is 25.4 Å². The predicted molar refractivity (Wildman–Crippen MR) is 84.8 cm³/mol. The third kappa shape index (κ3) is 2.55. The number of rotatable bonds is 3. The Morgan fingerprint density at radius 2 is 2.27 bits per heavy atom. The summed E-state index contributed by atoms with van der Waals surface area (Å²) < 4.78 is 0. The highest BCUT2D eigenvalue weighted by Crippen LogP contribution is 2.48. The zero-order valence-electron chi connectivity index (χ0n) is 12.0. The molecule has 2 amide bonds. The molecule has 2 aliphatic rings. The first-order valence-electron chi connectivity index (χ1n) is 7.63. The predicted octanol–water partition coefficient (Wildman–Crippen LogP) is 2.22. The van der Waals surface area contributed by atoms with E-state index in [1.54, 1.807) is 6.20 Å². The molecule has 0 unspecified atom stereocenters. The second-order valence-electron chi connectivity index (χ2n) is 6.24. The number of aliphatic hydroxyl groups is 1. The summed E-state index contributed by atoms with van der Waals surface area (Å²) in [7, 11) is 0. The van der Waals surface area contributed by atoms with Crippen LogP contribution < -0.4 is 10.6 Å². The van der Waals surface area contributed by atoms with Crippen molar-refractivity contribution in [1.29, 1.82) is 0 Å². The van der Waals surface area contributed by atoms with Gasteiger partial charge in [0.25, 0.3) is 0 Å². The Balaban J connectivity index is 1.31. The smallest absolute Gasteiger partial charge is 0.321 e. The fraction of sp³-hybridized carbons (Fsp3) is 0.533.